The van der Waals surface area contributed by atoms with Crippen LogP contribution in [0.2, 0.25) is 0 Å². The van der Waals surface area contributed by atoms with E-state index in [1.54, 1.807) is 0 Å². The van der Waals surface area contributed by atoms with Crippen molar-refractivity contribution < 1.29 is 75.1 Å². The van der Waals surface area contributed by atoms with Gasteiger partial charge < -0.3 is 14.7 Å². The summed E-state index contributed by atoms with van der Waals surface area (Å²) in [6.07, 6.45) is 0. The SMILES string of the molecule is O=P(O)(O)O.[Fe].[LiH].[Mn].[Ti]. The molecule has 0 saturated heterocycles. The van der Waals surface area contributed by atoms with Crippen molar-refractivity contribution in [3.63, 3.8) is 0 Å². The Morgan fingerprint density at radius 2 is 1.11 bits per heavy atom. The molecule has 0 atom stereocenters. The second-order valence-electron chi connectivity index (χ2n) is 0.513. The third kappa shape index (κ3) is 124. The second-order valence-corrected chi connectivity index (χ2v) is 1.54. The summed E-state index contributed by atoms with van der Waals surface area (Å²) in [5.41, 5.74) is 0. The van der Waals surface area contributed by atoms with Crippen LogP contribution < -0.4 is 0 Å². The molecule has 0 fully saturated rings. The molecule has 0 unspecified atom stereocenters. The Labute approximate surface area is 101 Å². The maximum atomic E-state index is 8.88. The van der Waals surface area contributed by atoms with Gasteiger partial charge in [0.25, 0.3) is 0 Å². The molecule has 0 bridgehead atoms. The van der Waals surface area contributed by atoms with Crippen LogP contribution in [0.25, 0.3) is 0 Å². The Balaban J connectivity index is -0.0000000133. The summed E-state index contributed by atoms with van der Waals surface area (Å²) in [6.45, 7) is 0. The number of phosphoric acid groups is 1. The molecule has 4 nitrogen and oxygen atoms in total. The van der Waals surface area contributed by atoms with Gasteiger partial charge in [0, 0.05) is 55.9 Å². The fraction of sp³-hybridized carbons (Fsp3) is 0. The van der Waals surface area contributed by atoms with Crippen LogP contribution in [0.4, 0.5) is 0 Å². The van der Waals surface area contributed by atoms with E-state index >= 15 is 0 Å². The fourth-order valence-electron chi connectivity index (χ4n) is 0. The average molecular weight is 265 g/mol. The van der Waals surface area contributed by atoms with Crippen LogP contribution in [0, 0.1) is 0 Å². The zero-order valence-electron chi connectivity index (χ0n) is 3.43. The van der Waals surface area contributed by atoms with Crippen molar-refractivity contribution in [2.45, 2.75) is 0 Å². The van der Waals surface area contributed by atoms with Crippen molar-refractivity contribution in [3.8, 4) is 0 Å². The molecule has 0 aromatic carbocycles. The standard InChI is InChI=1S/Fe.Li.Mn.H3O4P.Ti.H/c;;;1-5(2,3)4;;/h;;;(H3,1,2,3,4);;. The summed E-state index contributed by atoms with van der Waals surface area (Å²) in [5, 5.41) is 0. The van der Waals surface area contributed by atoms with E-state index in [1.165, 1.54) is 0 Å². The van der Waals surface area contributed by atoms with Crippen molar-refractivity contribution in [1.29, 1.82) is 0 Å². The first-order chi connectivity index (χ1) is 2.00. The minimum atomic E-state index is -4.64. The molecule has 9 heavy (non-hydrogen) atoms. The first kappa shape index (κ1) is 30.0. The molecule has 0 spiro atoms. The van der Waals surface area contributed by atoms with Crippen LogP contribution in [0.3, 0.4) is 0 Å². The largest absolute Gasteiger partial charge is 0 e. The summed E-state index contributed by atoms with van der Waals surface area (Å²) in [7, 11) is -4.64. The van der Waals surface area contributed by atoms with E-state index in [-0.39, 0.29) is 74.7 Å². The van der Waals surface area contributed by atoms with Gasteiger partial charge in [-0.1, -0.05) is 0 Å². The van der Waals surface area contributed by atoms with Crippen LogP contribution in [-0.2, 0) is 60.4 Å². The van der Waals surface area contributed by atoms with Crippen molar-refractivity contribution in [2.75, 3.05) is 0 Å². The molecule has 0 aromatic rings. The van der Waals surface area contributed by atoms with Crippen molar-refractivity contribution in [2.24, 2.45) is 0 Å². The minimum Gasteiger partial charge on any atom is 0 e. The predicted molar refractivity (Wildman–Crippen MR) is 21.4 cm³/mol. The number of hydrogen-bond acceptors (Lipinski definition) is 1. The van der Waals surface area contributed by atoms with E-state index in [0.717, 1.165) is 0 Å². The molecule has 53 valence electrons. The van der Waals surface area contributed by atoms with Gasteiger partial charge in [0.15, 0.2) is 0 Å². The van der Waals surface area contributed by atoms with Crippen molar-refractivity contribution in [1.82, 2.24) is 0 Å². The van der Waals surface area contributed by atoms with Crippen LogP contribution in [0.15, 0.2) is 0 Å². The van der Waals surface area contributed by atoms with Gasteiger partial charge in [-0.3, -0.25) is 0 Å². The van der Waals surface area contributed by atoms with Gasteiger partial charge in [0.2, 0.25) is 0 Å². The normalized spacial score (nSPS) is 6.56. The summed E-state index contributed by atoms with van der Waals surface area (Å²) in [4.78, 5) is 21.6. The molecular weight excluding hydrogens is 261 g/mol. The smallest absolute Gasteiger partial charge is 0 e. The molecule has 0 aromatic heterocycles. The van der Waals surface area contributed by atoms with E-state index in [0.29, 0.717) is 0 Å². The van der Waals surface area contributed by atoms with Crippen LogP contribution in [0.5, 0.6) is 0 Å². The zero-order valence-corrected chi connectivity index (χ0v) is 8.17. The van der Waals surface area contributed by atoms with Crippen LogP contribution in [-0.4, -0.2) is 33.5 Å². The van der Waals surface area contributed by atoms with Crippen molar-refractivity contribution >= 4 is 26.7 Å². The Bertz CT molecular complexity index is 66.7. The van der Waals surface area contributed by atoms with Gasteiger partial charge in [-0.2, -0.15) is 0 Å². The van der Waals surface area contributed by atoms with E-state index in [4.69, 9.17) is 19.2 Å². The number of hydrogen-bond donors (Lipinski definition) is 3. The molecule has 0 rings (SSSR count). The topological polar surface area (TPSA) is 77.8 Å². The Kier molecular flexibility index (Phi) is 43.7. The summed E-state index contributed by atoms with van der Waals surface area (Å²) in [6, 6.07) is 0. The first-order valence-corrected chi connectivity index (χ1v) is 2.35. The molecule has 3 N–H and O–H groups in total. The van der Waals surface area contributed by atoms with Gasteiger partial charge in [0.1, 0.15) is 0 Å². The molecule has 0 saturated carbocycles. The summed E-state index contributed by atoms with van der Waals surface area (Å²) >= 11 is 0. The van der Waals surface area contributed by atoms with Crippen LogP contribution >= 0.6 is 7.82 Å². The van der Waals surface area contributed by atoms with E-state index in [1.807, 2.05) is 0 Å². The van der Waals surface area contributed by atoms with E-state index in [9.17, 15) is 0 Å². The molecular formula is H4FeLiMnO4PTi. The first-order valence-electron chi connectivity index (χ1n) is 0.783. The summed E-state index contributed by atoms with van der Waals surface area (Å²) < 4.78 is 8.88. The van der Waals surface area contributed by atoms with Gasteiger partial charge in [-0.25, -0.2) is 4.57 Å². The fourth-order valence-corrected chi connectivity index (χ4v) is 0. The monoisotopic (exact) mass is 265 g/mol. The zero-order chi connectivity index (χ0) is 4.50. The molecule has 9 heteroatoms. The minimum absolute atomic E-state index is 0. The molecule has 0 aliphatic heterocycles. The van der Waals surface area contributed by atoms with Crippen molar-refractivity contribution in [3.05, 3.63) is 0 Å². The molecule has 0 amide bonds. The maximum absolute atomic E-state index is 8.88. The Hall–Kier alpha value is 2.46. The molecule has 1 radical (unpaired) electrons. The van der Waals surface area contributed by atoms with E-state index in [2.05, 4.69) is 0 Å². The average Bonchev–Trinajstić information content (AvgIpc) is 0.722. The number of rotatable bonds is 0. The van der Waals surface area contributed by atoms with Gasteiger partial charge >= 0.3 is 26.7 Å². The Morgan fingerprint density at radius 3 is 1.11 bits per heavy atom. The quantitative estimate of drug-likeness (QED) is 0.364. The summed E-state index contributed by atoms with van der Waals surface area (Å²) in [5.74, 6) is 0. The van der Waals surface area contributed by atoms with Crippen LogP contribution in [0.1, 0.15) is 0 Å². The third-order valence-electron chi connectivity index (χ3n) is 0. The maximum Gasteiger partial charge on any atom is 0 e. The van der Waals surface area contributed by atoms with E-state index < -0.39 is 7.82 Å². The van der Waals surface area contributed by atoms with Gasteiger partial charge in [0.05, 0.1) is 0 Å². The molecule has 0 aliphatic carbocycles. The Morgan fingerprint density at radius 1 is 1.11 bits per heavy atom. The molecule has 0 heterocycles. The molecule has 0 aliphatic rings. The second kappa shape index (κ2) is 13.1. The third-order valence-corrected chi connectivity index (χ3v) is 0. The predicted octanol–water partition coefficient (Wildman–Crippen LogP) is -1.58. The van der Waals surface area contributed by atoms with Gasteiger partial charge in [-0.15, -0.1) is 0 Å². The van der Waals surface area contributed by atoms with Gasteiger partial charge in [-0.05, 0) is 0 Å².